The average molecular weight is 241 g/mol. The summed E-state index contributed by atoms with van der Waals surface area (Å²) >= 11 is 1.58. The summed E-state index contributed by atoms with van der Waals surface area (Å²) in [6, 6.07) is 5.18. The van der Waals surface area contributed by atoms with E-state index >= 15 is 0 Å². The molecule has 1 rings (SSSR count). The van der Waals surface area contributed by atoms with Crippen LogP contribution in [0, 0.1) is 11.7 Å². The Morgan fingerprint density at radius 3 is 2.56 bits per heavy atom. The first-order valence-corrected chi connectivity index (χ1v) is 6.71. The fourth-order valence-corrected chi connectivity index (χ4v) is 2.33. The lowest BCUT2D eigenvalue weighted by Crippen LogP contribution is -2.05. The molecular formula is C13H20FNS. The van der Waals surface area contributed by atoms with E-state index in [1.807, 2.05) is 19.1 Å². The Labute approximate surface area is 102 Å². The van der Waals surface area contributed by atoms with Crippen LogP contribution in [0.4, 0.5) is 4.39 Å². The van der Waals surface area contributed by atoms with E-state index in [2.05, 4.69) is 13.8 Å². The van der Waals surface area contributed by atoms with Gasteiger partial charge in [0, 0.05) is 16.7 Å². The summed E-state index contributed by atoms with van der Waals surface area (Å²) in [4.78, 5) is 0.727. The summed E-state index contributed by atoms with van der Waals surface area (Å²) in [5.74, 6) is 1.44. The molecule has 0 radical (unpaired) electrons. The van der Waals surface area contributed by atoms with Crippen LogP contribution in [0.1, 0.15) is 38.8 Å². The van der Waals surface area contributed by atoms with E-state index in [0.29, 0.717) is 5.92 Å². The topological polar surface area (TPSA) is 26.0 Å². The summed E-state index contributed by atoms with van der Waals surface area (Å²) in [5, 5.41) is 0. The van der Waals surface area contributed by atoms with Crippen molar-refractivity contribution in [2.75, 3.05) is 5.75 Å². The van der Waals surface area contributed by atoms with Crippen molar-refractivity contribution in [3.63, 3.8) is 0 Å². The molecule has 0 spiro atoms. The second kappa shape index (κ2) is 6.26. The lowest BCUT2D eigenvalue weighted by molar-refractivity contribution is 0.594. The maximum Gasteiger partial charge on any atom is 0.137 e. The molecule has 0 saturated carbocycles. The molecule has 90 valence electrons. The Morgan fingerprint density at radius 1 is 1.38 bits per heavy atom. The third-order valence-corrected chi connectivity index (χ3v) is 4.08. The fourth-order valence-electron chi connectivity index (χ4n) is 1.27. The highest BCUT2D eigenvalue weighted by Gasteiger charge is 2.08. The van der Waals surface area contributed by atoms with Gasteiger partial charge in [-0.05, 0) is 30.5 Å². The number of nitrogens with two attached hydrogens (primary N) is 1. The quantitative estimate of drug-likeness (QED) is 0.789. The molecule has 2 unspecified atom stereocenters. The first-order chi connectivity index (χ1) is 7.54. The minimum atomic E-state index is -0.150. The first kappa shape index (κ1) is 13.5. The third kappa shape index (κ3) is 3.80. The molecule has 0 aromatic heterocycles. The smallest absolute Gasteiger partial charge is 0.137 e. The summed E-state index contributed by atoms with van der Waals surface area (Å²) in [7, 11) is 0. The predicted octanol–water partition coefficient (Wildman–Crippen LogP) is 3.98. The number of rotatable bonds is 5. The van der Waals surface area contributed by atoms with E-state index < -0.39 is 0 Å². The van der Waals surface area contributed by atoms with E-state index in [9.17, 15) is 4.39 Å². The average Bonchev–Trinajstić information content (AvgIpc) is 2.26. The number of halogens is 1. The van der Waals surface area contributed by atoms with Crippen LogP contribution in [-0.4, -0.2) is 5.75 Å². The van der Waals surface area contributed by atoms with Crippen LogP contribution in [-0.2, 0) is 0 Å². The maximum atomic E-state index is 13.7. The first-order valence-electron chi connectivity index (χ1n) is 5.72. The molecule has 0 fully saturated rings. The van der Waals surface area contributed by atoms with E-state index in [-0.39, 0.29) is 11.9 Å². The molecule has 16 heavy (non-hydrogen) atoms. The largest absolute Gasteiger partial charge is 0.324 e. The second-order valence-corrected chi connectivity index (χ2v) is 5.36. The lowest BCUT2D eigenvalue weighted by atomic mass is 10.1. The van der Waals surface area contributed by atoms with Crippen LogP contribution >= 0.6 is 11.8 Å². The Kier molecular flexibility index (Phi) is 5.29. The van der Waals surface area contributed by atoms with E-state index in [4.69, 9.17) is 5.73 Å². The summed E-state index contributed by atoms with van der Waals surface area (Å²) in [6.07, 6.45) is 1.13. The molecule has 2 N–H and O–H groups in total. The van der Waals surface area contributed by atoms with Crippen molar-refractivity contribution in [3.05, 3.63) is 29.6 Å². The highest BCUT2D eigenvalue weighted by molar-refractivity contribution is 7.99. The van der Waals surface area contributed by atoms with Crippen molar-refractivity contribution in [1.82, 2.24) is 0 Å². The lowest BCUT2D eigenvalue weighted by Gasteiger charge is -2.10. The number of thioether (sulfide) groups is 1. The molecule has 0 aliphatic carbocycles. The van der Waals surface area contributed by atoms with Crippen molar-refractivity contribution >= 4 is 11.8 Å². The number of hydrogen-bond donors (Lipinski definition) is 1. The molecule has 3 heteroatoms. The normalized spacial score (nSPS) is 14.8. The summed E-state index contributed by atoms with van der Waals surface area (Å²) < 4.78 is 13.7. The molecule has 1 nitrogen and oxygen atoms in total. The van der Waals surface area contributed by atoms with Gasteiger partial charge in [-0.25, -0.2) is 4.39 Å². The molecule has 0 amide bonds. The highest BCUT2D eigenvalue weighted by atomic mass is 32.2. The van der Waals surface area contributed by atoms with Crippen molar-refractivity contribution in [2.24, 2.45) is 11.7 Å². The molecule has 0 aliphatic rings. The standard InChI is InChI=1S/C13H20FNS/c1-4-9(2)8-16-13-6-5-11(10(3)15)7-12(13)14/h5-7,9-10H,4,8,15H2,1-3H3. The predicted molar refractivity (Wildman–Crippen MR) is 69.2 cm³/mol. The van der Waals surface area contributed by atoms with Gasteiger partial charge >= 0.3 is 0 Å². The second-order valence-electron chi connectivity index (χ2n) is 4.30. The molecule has 0 saturated heterocycles. The molecule has 0 aliphatic heterocycles. The zero-order chi connectivity index (χ0) is 12.1. The van der Waals surface area contributed by atoms with Gasteiger partial charge in [0.15, 0.2) is 0 Å². The fraction of sp³-hybridized carbons (Fsp3) is 0.538. The Hall–Kier alpha value is -0.540. The minimum absolute atomic E-state index is 0.108. The molecule has 1 aromatic rings. The maximum absolute atomic E-state index is 13.7. The van der Waals surface area contributed by atoms with Crippen molar-refractivity contribution in [3.8, 4) is 0 Å². The Bertz CT molecular complexity index is 339. The van der Waals surface area contributed by atoms with Gasteiger partial charge in [-0.15, -0.1) is 11.8 Å². The van der Waals surface area contributed by atoms with Crippen LogP contribution in [0.15, 0.2) is 23.1 Å². The van der Waals surface area contributed by atoms with Gasteiger partial charge in [-0.2, -0.15) is 0 Å². The van der Waals surface area contributed by atoms with Gasteiger partial charge in [0.05, 0.1) is 0 Å². The van der Waals surface area contributed by atoms with Crippen LogP contribution in [0.3, 0.4) is 0 Å². The van der Waals surface area contributed by atoms with Gasteiger partial charge in [-0.1, -0.05) is 26.3 Å². The van der Waals surface area contributed by atoms with E-state index in [1.54, 1.807) is 17.8 Å². The zero-order valence-corrected chi connectivity index (χ0v) is 11.0. The number of hydrogen-bond acceptors (Lipinski definition) is 2. The van der Waals surface area contributed by atoms with Crippen LogP contribution in [0.2, 0.25) is 0 Å². The Balaban J connectivity index is 2.68. The van der Waals surface area contributed by atoms with Gasteiger partial charge < -0.3 is 5.73 Å². The van der Waals surface area contributed by atoms with Crippen LogP contribution in [0.25, 0.3) is 0 Å². The monoisotopic (exact) mass is 241 g/mol. The van der Waals surface area contributed by atoms with Gasteiger partial charge in [-0.3, -0.25) is 0 Å². The van der Waals surface area contributed by atoms with E-state index in [0.717, 1.165) is 22.6 Å². The third-order valence-electron chi connectivity index (χ3n) is 2.70. The molecule has 0 heterocycles. The molecule has 2 atom stereocenters. The SMILES string of the molecule is CCC(C)CSc1ccc(C(C)N)cc1F. The minimum Gasteiger partial charge on any atom is -0.324 e. The molecular weight excluding hydrogens is 221 g/mol. The summed E-state index contributed by atoms with van der Waals surface area (Å²) in [6.45, 7) is 6.20. The molecule has 0 bridgehead atoms. The Morgan fingerprint density at radius 2 is 2.06 bits per heavy atom. The van der Waals surface area contributed by atoms with Gasteiger partial charge in [0.1, 0.15) is 5.82 Å². The highest BCUT2D eigenvalue weighted by Crippen LogP contribution is 2.26. The van der Waals surface area contributed by atoms with Crippen LogP contribution < -0.4 is 5.73 Å². The van der Waals surface area contributed by atoms with Gasteiger partial charge in [0.2, 0.25) is 0 Å². The number of benzene rings is 1. The van der Waals surface area contributed by atoms with E-state index in [1.165, 1.54) is 0 Å². The van der Waals surface area contributed by atoms with Crippen molar-refractivity contribution in [1.29, 1.82) is 0 Å². The zero-order valence-electron chi connectivity index (χ0n) is 10.2. The van der Waals surface area contributed by atoms with Gasteiger partial charge in [0.25, 0.3) is 0 Å². The van der Waals surface area contributed by atoms with Crippen molar-refractivity contribution < 1.29 is 4.39 Å². The molecule has 1 aromatic carbocycles. The summed E-state index contributed by atoms with van der Waals surface area (Å²) in [5.41, 5.74) is 6.56. The van der Waals surface area contributed by atoms with Crippen molar-refractivity contribution in [2.45, 2.75) is 38.1 Å². The van der Waals surface area contributed by atoms with Crippen LogP contribution in [0.5, 0.6) is 0 Å².